The van der Waals surface area contributed by atoms with Crippen molar-refractivity contribution in [3.05, 3.63) is 29.0 Å². The van der Waals surface area contributed by atoms with Gasteiger partial charge in [-0.2, -0.15) is 0 Å². The Balaban J connectivity index is 2.20. The van der Waals surface area contributed by atoms with Gasteiger partial charge in [0.15, 0.2) is 0 Å². The molecule has 2 heterocycles. The summed E-state index contributed by atoms with van der Waals surface area (Å²) in [7, 11) is 0. The summed E-state index contributed by atoms with van der Waals surface area (Å²) in [6.45, 7) is 1.51. The van der Waals surface area contributed by atoms with Crippen LogP contribution in [0.1, 0.15) is 18.4 Å². The van der Waals surface area contributed by atoms with E-state index in [0.29, 0.717) is 24.4 Å². The van der Waals surface area contributed by atoms with Crippen molar-refractivity contribution in [2.45, 2.75) is 19.3 Å². The van der Waals surface area contributed by atoms with E-state index in [9.17, 15) is 9.90 Å². The van der Waals surface area contributed by atoms with E-state index < -0.39 is 11.4 Å². The second-order valence-electron chi connectivity index (χ2n) is 4.50. The molecule has 17 heavy (non-hydrogen) atoms. The Kier molecular flexibility index (Phi) is 3.64. The molecule has 4 nitrogen and oxygen atoms in total. The quantitative estimate of drug-likeness (QED) is 0.807. The number of carboxylic acids is 1. The SMILES string of the molecule is O=C(O)C1(Cc2ccnc(Cl)c2)CCNCC1. The maximum atomic E-state index is 11.5. The summed E-state index contributed by atoms with van der Waals surface area (Å²) >= 11 is 5.82. The van der Waals surface area contributed by atoms with Crippen LogP contribution in [0.3, 0.4) is 0 Å². The van der Waals surface area contributed by atoms with Crippen LogP contribution in [0.5, 0.6) is 0 Å². The molecule has 5 heteroatoms. The summed E-state index contributed by atoms with van der Waals surface area (Å²) in [4.78, 5) is 15.4. The highest BCUT2D eigenvalue weighted by atomic mass is 35.5. The molecule has 1 aliphatic rings. The molecule has 0 atom stereocenters. The number of hydrogen-bond acceptors (Lipinski definition) is 3. The summed E-state index contributed by atoms with van der Waals surface area (Å²) in [6, 6.07) is 3.58. The lowest BCUT2D eigenvalue weighted by Gasteiger charge is -2.33. The molecular formula is C12H15ClN2O2. The minimum Gasteiger partial charge on any atom is -0.481 e. The third-order valence-electron chi connectivity index (χ3n) is 3.35. The highest BCUT2D eigenvalue weighted by Gasteiger charge is 2.39. The van der Waals surface area contributed by atoms with E-state index >= 15 is 0 Å². The molecule has 0 radical (unpaired) electrons. The summed E-state index contributed by atoms with van der Waals surface area (Å²) in [5.74, 6) is -0.716. The zero-order chi connectivity index (χ0) is 12.3. The molecule has 0 unspecified atom stereocenters. The van der Waals surface area contributed by atoms with Gasteiger partial charge < -0.3 is 10.4 Å². The first-order chi connectivity index (χ1) is 8.12. The van der Waals surface area contributed by atoms with Crippen LogP contribution in [-0.2, 0) is 11.2 Å². The van der Waals surface area contributed by atoms with Gasteiger partial charge in [-0.25, -0.2) is 4.98 Å². The molecule has 0 saturated carbocycles. The Hall–Kier alpha value is -1.13. The smallest absolute Gasteiger partial charge is 0.310 e. The van der Waals surface area contributed by atoms with Crippen molar-refractivity contribution in [3.8, 4) is 0 Å². The second-order valence-corrected chi connectivity index (χ2v) is 4.89. The molecule has 2 rings (SSSR count). The maximum absolute atomic E-state index is 11.5. The van der Waals surface area contributed by atoms with E-state index in [2.05, 4.69) is 10.3 Å². The van der Waals surface area contributed by atoms with Crippen LogP contribution in [0.15, 0.2) is 18.3 Å². The van der Waals surface area contributed by atoms with Gasteiger partial charge in [0.25, 0.3) is 0 Å². The number of pyridine rings is 1. The summed E-state index contributed by atoms with van der Waals surface area (Å²) < 4.78 is 0. The molecule has 0 aromatic carbocycles. The molecule has 0 amide bonds. The van der Waals surface area contributed by atoms with Gasteiger partial charge in [0.2, 0.25) is 0 Å². The average molecular weight is 255 g/mol. The zero-order valence-electron chi connectivity index (χ0n) is 9.45. The molecule has 0 spiro atoms. The minimum atomic E-state index is -0.716. The minimum absolute atomic E-state index is 0.414. The zero-order valence-corrected chi connectivity index (χ0v) is 10.2. The number of aliphatic carboxylic acids is 1. The number of rotatable bonds is 3. The fourth-order valence-electron chi connectivity index (χ4n) is 2.31. The predicted molar refractivity (Wildman–Crippen MR) is 65.1 cm³/mol. The second kappa shape index (κ2) is 5.02. The van der Waals surface area contributed by atoms with E-state index in [1.54, 1.807) is 12.3 Å². The van der Waals surface area contributed by atoms with Gasteiger partial charge in [-0.15, -0.1) is 0 Å². The predicted octanol–water partition coefficient (Wildman–Crippen LogP) is 1.73. The van der Waals surface area contributed by atoms with Crippen molar-refractivity contribution in [2.24, 2.45) is 5.41 Å². The van der Waals surface area contributed by atoms with Crippen molar-refractivity contribution in [1.29, 1.82) is 0 Å². The Bertz CT molecular complexity index is 417. The maximum Gasteiger partial charge on any atom is 0.310 e. The van der Waals surface area contributed by atoms with Crippen LogP contribution in [0.25, 0.3) is 0 Å². The molecule has 0 aliphatic carbocycles. The van der Waals surface area contributed by atoms with Crippen molar-refractivity contribution in [1.82, 2.24) is 10.3 Å². The molecule has 92 valence electrons. The fourth-order valence-corrected chi connectivity index (χ4v) is 2.51. The Labute approximate surface area is 105 Å². The number of halogens is 1. The van der Waals surface area contributed by atoms with Crippen LogP contribution in [0, 0.1) is 5.41 Å². The first kappa shape index (κ1) is 12.3. The third kappa shape index (κ3) is 2.76. The van der Waals surface area contributed by atoms with Gasteiger partial charge in [-0.05, 0) is 50.0 Å². The number of carboxylic acid groups (broad SMARTS) is 1. The molecule has 1 saturated heterocycles. The summed E-state index contributed by atoms with van der Waals surface area (Å²) in [6.07, 6.45) is 3.45. The number of piperidine rings is 1. The monoisotopic (exact) mass is 254 g/mol. The van der Waals surface area contributed by atoms with Crippen LogP contribution in [0.4, 0.5) is 0 Å². The lowest BCUT2D eigenvalue weighted by molar-refractivity contribution is -0.150. The molecular weight excluding hydrogens is 240 g/mol. The van der Waals surface area contributed by atoms with Gasteiger partial charge in [0.05, 0.1) is 5.41 Å². The highest BCUT2D eigenvalue weighted by molar-refractivity contribution is 6.29. The van der Waals surface area contributed by atoms with E-state index in [4.69, 9.17) is 11.6 Å². The number of nitrogens with zero attached hydrogens (tertiary/aromatic N) is 1. The van der Waals surface area contributed by atoms with Crippen molar-refractivity contribution in [2.75, 3.05) is 13.1 Å². The van der Waals surface area contributed by atoms with E-state index in [0.717, 1.165) is 18.7 Å². The van der Waals surface area contributed by atoms with Crippen molar-refractivity contribution in [3.63, 3.8) is 0 Å². The van der Waals surface area contributed by atoms with Crippen molar-refractivity contribution < 1.29 is 9.90 Å². The number of nitrogens with one attached hydrogen (secondary N) is 1. The van der Waals surface area contributed by atoms with Crippen LogP contribution in [0.2, 0.25) is 5.15 Å². The molecule has 1 aromatic heterocycles. The average Bonchev–Trinajstić information content (AvgIpc) is 2.30. The summed E-state index contributed by atoms with van der Waals surface area (Å²) in [5.41, 5.74) is 0.282. The molecule has 1 aliphatic heterocycles. The molecule has 2 N–H and O–H groups in total. The number of hydrogen-bond donors (Lipinski definition) is 2. The number of aromatic nitrogens is 1. The van der Waals surface area contributed by atoms with Gasteiger partial charge in [-0.3, -0.25) is 4.79 Å². The highest BCUT2D eigenvalue weighted by Crippen LogP contribution is 2.33. The van der Waals surface area contributed by atoms with Crippen molar-refractivity contribution >= 4 is 17.6 Å². The van der Waals surface area contributed by atoms with E-state index in [-0.39, 0.29) is 0 Å². The van der Waals surface area contributed by atoms with Crippen LogP contribution < -0.4 is 5.32 Å². The lowest BCUT2D eigenvalue weighted by atomic mass is 9.74. The Morgan fingerprint density at radius 1 is 1.53 bits per heavy atom. The van der Waals surface area contributed by atoms with Gasteiger partial charge >= 0.3 is 5.97 Å². The first-order valence-electron chi connectivity index (χ1n) is 5.67. The van der Waals surface area contributed by atoms with Crippen LogP contribution >= 0.6 is 11.6 Å². The number of carbonyl (C=O) groups is 1. The van der Waals surface area contributed by atoms with E-state index in [1.165, 1.54) is 0 Å². The first-order valence-corrected chi connectivity index (χ1v) is 6.05. The van der Waals surface area contributed by atoms with Gasteiger partial charge in [0, 0.05) is 6.20 Å². The normalized spacial score (nSPS) is 18.9. The van der Waals surface area contributed by atoms with Gasteiger partial charge in [0.1, 0.15) is 5.15 Å². The molecule has 1 fully saturated rings. The summed E-state index contributed by atoms with van der Waals surface area (Å²) in [5, 5.41) is 13.0. The standard InChI is InChI=1S/C12H15ClN2O2/c13-10-7-9(1-4-15-10)8-12(11(16)17)2-5-14-6-3-12/h1,4,7,14H,2-3,5-6,8H2,(H,16,17). The van der Waals surface area contributed by atoms with Gasteiger partial charge in [-0.1, -0.05) is 11.6 Å². The molecule has 0 bridgehead atoms. The lowest BCUT2D eigenvalue weighted by Crippen LogP contribution is -2.43. The molecule has 1 aromatic rings. The van der Waals surface area contributed by atoms with Crippen LogP contribution in [-0.4, -0.2) is 29.1 Å². The Morgan fingerprint density at radius 3 is 2.82 bits per heavy atom. The third-order valence-corrected chi connectivity index (χ3v) is 3.55. The Morgan fingerprint density at radius 2 is 2.24 bits per heavy atom. The van der Waals surface area contributed by atoms with E-state index in [1.807, 2.05) is 6.07 Å². The fraction of sp³-hybridized carbons (Fsp3) is 0.500. The largest absolute Gasteiger partial charge is 0.481 e. The topological polar surface area (TPSA) is 62.2 Å².